The largest absolute Gasteiger partial charge is 0.508 e. The Morgan fingerprint density at radius 2 is 1.65 bits per heavy atom. The number of hydrogen-bond donors (Lipinski definition) is 4. The lowest BCUT2D eigenvalue weighted by Crippen LogP contribution is -2.45. The van der Waals surface area contributed by atoms with Gasteiger partial charge >= 0.3 is 0 Å². The zero-order valence-corrected chi connectivity index (χ0v) is 27.3. The maximum Gasteiger partial charge on any atom is 0.254 e. The van der Waals surface area contributed by atoms with Gasteiger partial charge in [-0.05, 0) is 115 Å². The SMILES string of the molecule is CCC(c1ccc(OC)cc1)C(NCC(=O)NN=C1CC2C(CCC3(C)C(O)CCC23)c2ccc(O)cc21)c1ccc(OC)cc1. The number of hydrazone groups is 1. The quantitative estimate of drug-likeness (QED) is 0.193. The second kappa shape index (κ2) is 13.5. The van der Waals surface area contributed by atoms with Crippen LogP contribution in [0.2, 0.25) is 0 Å². The number of rotatable bonds is 10. The van der Waals surface area contributed by atoms with E-state index in [4.69, 9.17) is 14.6 Å². The first-order valence-corrected chi connectivity index (χ1v) is 16.6. The Morgan fingerprint density at radius 1 is 0.978 bits per heavy atom. The van der Waals surface area contributed by atoms with Gasteiger partial charge in [0, 0.05) is 17.5 Å². The second-order valence-electron chi connectivity index (χ2n) is 13.5. The minimum absolute atomic E-state index is 0.0754. The molecule has 0 aliphatic heterocycles. The number of methoxy groups -OCH3 is 2. The van der Waals surface area contributed by atoms with Gasteiger partial charge in [0.15, 0.2) is 0 Å². The van der Waals surface area contributed by atoms with Crippen molar-refractivity contribution >= 4 is 11.6 Å². The Kier molecular flexibility index (Phi) is 9.39. The molecule has 1 amide bonds. The van der Waals surface area contributed by atoms with Crippen molar-refractivity contribution in [1.29, 1.82) is 0 Å². The number of carbonyl (C=O) groups is 1. The molecule has 2 fully saturated rings. The van der Waals surface area contributed by atoms with Gasteiger partial charge in [0.25, 0.3) is 5.91 Å². The number of amides is 1. The van der Waals surface area contributed by atoms with Crippen LogP contribution >= 0.6 is 0 Å². The number of aliphatic hydroxyl groups is 1. The summed E-state index contributed by atoms with van der Waals surface area (Å²) in [6, 6.07) is 21.5. The van der Waals surface area contributed by atoms with Gasteiger partial charge in [-0.1, -0.05) is 44.2 Å². The molecule has 0 bridgehead atoms. The van der Waals surface area contributed by atoms with Crippen molar-refractivity contribution in [2.45, 2.75) is 76.4 Å². The normalized spacial score (nSPS) is 27.2. The molecule has 244 valence electrons. The van der Waals surface area contributed by atoms with Gasteiger partial charge in [-0.3, -0.25) is 4.79 Å². The number of hydrogen-bond acceptors (Lipinski definition) is 7. The van der Waals surface area contributed by atoms with E-state index in [0.29, 0.717) is 24.2 Å². The molecule has 3 aliphatic carbocycles. The van der Waals surface area contributed by atoms with Crippen LogP contribution in [0, 0.1) is 17.3 Å². The second-order valence-corrected chi connectivity index (χ2v) is 13.5. The molecule has 3 aliphatic rings. The van der Waals surface area contributed by atoms with Crippen LogP contribution in [0.1, 0.15) is 92.5 Å². The van der Waals surface area contributed by atoms with Crippen molar-refractivity contribution in [3.8, 4) is 17.2 Å². The standard InChI is InChI=1S/C38H47N3O5/c1-5-28(23-6-11-26(45-3)12-7-23)37(24-8-13-27(46-4)14-9-24)39-22-36(44)41-40-34-21-31-30(29-15-10-25(42)20-32(29)34)18-19-38(2)33(31)16-17-35(38)43/h6-15,20,28,30-31,33,35,37,39,42-43H,5,16-19,21-22H2,1-4H3,(H,41,44). The predicted molar refractivity (Wildman–Crippen MR) is 179 cm³/mol. The van der Waals surface area contributed by atoms with Crippen molar-refractivity contribution in [1.82, 2.24) is 10.7 Å². The molecule has 0 spiro atoms. The van der Waals surface area contributed by atoms with Crippen molar-refractivity contribution in [2.24, 2.45) is 22.4 Å². The summed E-state index contributed by atoms with van der Waals surface area (Å²) in [6.07, 6.45) is 5.16. The van der Waals surface area contributed by atoms with Gasteiger partial charge in [-0.2, -0.15) is 5.10 Å². The third kappa shape index (κ3) is 6.13. The van der Waals surface area contributed by atoms with Crippen LogP contribution in [-0.2, 0) is 4.79 Å². The smallest absolute Gasteiger partial charge is 0.254 e. The van der Waals surface area contributed by atoms with Crippen LogP contribution in [0.3, 0.4) is 0 Å². The summed E-state index contributed by atoms with van der Waals surface area (Å²) < 4.78 is 10.8. The Hall–Kier alpha value is -3.88. The Labute approximate surface area is 272 Å². The van der Waals surface area contributed by atoms with Crippen molar-refractivity contribution in [3.05, 3.63) is 89.0 Å². The summed E-state index contributed by atoms with van der Waals surface area (Å²) in [7, 11) is 3.31. The lowest BCUT2D eigenvalue weighted by atomic mass is 9.55. The van der Waals surface area contributed by atoms with Crippen LogP contribution in [-0.4, -0.2) is 48.7 Å². The molecular weight excluding hydrogens is 578 g/mol. The van der Waals surface area contributed by atoms with E-state index >= 15 is 0 Å². The van der Waals surface area contributed by atoms with E-state index in [2.05, 4.69) is 36.7 Å². The molecule has 3 aromatic rings. The summed E-state index contributed by atoms with van der Waals surface area (Å²) in [6.45, 7) is 4.48. The third-order valence-electron chi connectivity index (χ3n) is 11.2. The Bertz CT molecular complexity index is 1560. The number of nitrogens with one attached hydrogen (secondary N) is 2. The van der Waals surface area contributed by atoms with Crippen molar-refractivity contribution < 1.29 is 24.5 Å². The molecule has 8 heteroatoms. The molecular formula is C38H47N3O5. The highest BCUT2D eigenvalue weighted by molar-refractivity contribution is 6.04. The van der Waals surface area contributed by atoms with Crippen LogP contribution < -0.4 is 20.2 Å². The summed E-state index contributed by atoms with van der Waals surface area (Å²) in [4.78, 5) is 13.4. The molecule has 6 rings (SSSR count). The van der Waals surface area contributed by atoms with E-state index < -0.39 is 0 Å². The highest BCUT2D eigenvalue weighted by atomic mass is 16.5. The molecule has 7 atom stereocenters. The lowest BCUT2D eigenvalue weighted by Gasteiger charge is -2.50. The van der Waals surface area contributed by atoms with E-state index in [1.807, 2.05) is 42.5 Å². The predicted octanol–water partition coefficient (Wildman–Crippen LogP) is 6.43. The van der Waals surface area contributed by atoms with Gasteiger partial charge in [-0.15, -0.1) is 0 Å². The van der Waals surface area contributed by atoms with Crippen LogP contribution in [0.4, 0.5) is 0 Å². The number of carbonyl (C=O) groups excluding carboxylic acids is 1. The minimum atomic E-state index is -0.269. The summed E-state index contributed by atoms with van der Waals surface area (Å²) in [5.41, 5.74) is 7.87. The molecule has 2 saturated carbocycles. The number of phenolic OH excluding ortho intramolecular Hbond substituents is 1. The molecule has 7 unspecified atom stereocenters. The fraction of sp³-hybridized carbons (Fsp3) is 0.474. The van der Waals surface area contributed by atoms with E-state index in [1.54, 1.807) is 26.4 Å². The molecule has 0 aromatic heterocycles. The van der Waals surface area contributed by atoms with Gasteiger partial charge in [0.2, 0.25) is 0 Å². The minimum Gasteiger partial charge on any atom is -0.508 e. The highest BCUT2D eigenvalue weighted by Gasteiger charge is 2.55. The molecule has 0 radical (unpaired) electrons. The molecule has 8 nitrogen and oxygen atoms in total. The first kappa shape index (κ1) is 32.1. The number of phenols is 1. The topological polar surface area (TPSA) is 112 Å². The monoisotopic (exact) mass is 625 g/mol. The number of nitrogens with zero attached hydrogens (tertiary/aromatic N) is 1. The van der Waals surface area contributed by atoms with Crippen LogP contribution in [0.5, 0.6) is 17.2 Å². The molecule has 4 N–H and O–H groups in total. The molecule has 0 saturated heterocycles. The van der Waals surface area contributed by atoms with E-state index in [-0.39, 0.29) is 41.7 Å². The lowest BCUT2D eigenvalue weighted by molar-refractivity contribution is -0.120. The Morgan fingerprint density at radius 3 is 2.30 bits per heavy atom. The number of benzene rings is 3. The zero-order chi connectivity index (χ0) is 32.4. The molecule has 46 heavy (non-hydrogen) atoms. The van der Waals surface area contributed by atoms with Gasteiger partial charge in [0.1, 0.15) is 17.2 Å². The van der Waals surface area contributed by atoms with Crippen molar-refractivity contribution in [2.75, 3.05) is 20.8 Å². The van der Waals surface area contributed by atoms with Crippen LogP contribution in [0.15, 0.2) is 71.8 Å². The highest BCUT2D eigenvalue weighted by Crippen LogP contribution is 2.61. The van der Waals surface area contributed by atoms with Gasteiger partial charge in [0.05, 0.1) is 32.6 Å². The average molecular weight is 626 g/mol. The fourth-order valence-electron chi connectivity index (χ4n) is 8.68. The zero-order valence-electron chi connectivity index (χ0n) is 27.3. The summed E-state index contributed by atoms with van der Waals surface area (Å²) >= 11 is 0. The average Bonchev–Trinajstić information content (AvgIpc) is 3.39. The van der Waals surface area contributed by atoms with Gasteiger partial charge < -0.3 is 25.0 Å². The Balaban J connectivity index is 1.22. The van der Waals surface area contributed by atoms with Gasteiger partial charge in [-0.25, -0.2) is 5.43 Å². The molecule has 0 heterocycles. The molecule has 3 aromatic carbocycles. The maximum absolute atomic E-state index is 13.4. The van der Waals surface area contributed by atoms with Crippen molar-refractivity contribution in [3.63, 3.8) is 0 Å². The first-order chi connectivity index (χ1) is 22.2. The number of ether oxygens (including phenoxy) is 2. The number of aromatic hydroxyl groups is 1. The van der Waals surface area contributed by atoms with E-state index in [1.165, 1.54) is 5.56 Å². The fourth-order valence-corrected chi connectivity index (χ4v) is 8.68. The summed E-state index contributed by atoms with van der Waals surface area (Å²) in [5, 5.41) is 29.5. The van der Waals surface area contributed by atoms with E-state index in [0.717, 1.165) is 66.0 Å². The third-order valence-corrected chi connectivity index (χ3v) is 11.2. The summed E-state index contributed by atoms with van der Waals surface area (Å²) in [5.74, 6) is 2.76. The number of fused-ring (bicyclic) bond motifs is 5. The van der Waals surface area contributed by atoms with E-state index in [9.17, 15) is 15.0 Å². The maximum atomic E-state index is 13.4. The first-order valence-electron chi connectivity index (χ1n) is 16.6. The van der Waals surface area contributed by atoms with Crippen LogP contribution in [0.25, 0.3) is 0 Å². The number of aliphatic hydroxyl groups excluding tert-OH is 1.